The number of primary amides is 1. The van der Waals surface area contributed by atoms with Crippen LogP contribution in [0.25, 0.3) is 0 Å². The van der Waals surface area contributed by atoms with Crippen molar-refractivity contribution in [3.05, 3.63) is 71.3 Å². The van der Waals surface area contributed by atoms with Crippen LogP contribution in [0.3, 0.4) is 0 Å². The highest BCUT2D eigenvalue weighted by molar-refractivity contribution is 5.95. The second kappa shape index (κ2) is 13.4. The van der Waals surface area contributed by atoms with Gasteiger partial charge in [0.05, 0.1) is 6.42 Å². The first-order valence-corrected chi connectivity index (χ1v) is 9.10. The van der Waals surface area contributed by atoms with Gasteiger partial charge in [-0.05, 0) is 36.1 Å². The number of carboxylic acid groups (broad SMARTS) is 2. The summed E-state index contributed by atoms with van der Waals surface area (Å²) in [6.45, 7) is 1.95. The van der Waals surface area contributed by atoms with Crippen molar-refractivity contribution >= 4 is 23.7 Å². The summed E-state index contributed by atoms with van der Waals surface area (Å²) in [5, 5.41) is 23.2. The fourth-order valence-electron chi connectivity index (χ4n) is 2.27. The molecule has 7 N–H and O–H groups in total. The molecule has 0 aromatic heterocycles. The van der Waals surface area contributed by atoms with Crippen LogP contribution in [0.4, 0.5) is 13.2 Å². The average molecular weight is 455 g/mol. The van der Waals surface area contributed by atoms with Gasteiger partial charge in [0.15, 0.2) is 0 Å². The molecule has 1 atom stereocenters. The molecule has 0 saturated carbocycles. The van der Waals surface area contributed by atoms with Crippen molar-refractivity contribution in [2.75, 3.05) is 0 Å². The largest absolute Gasteiger partial charge is 0.490 e. The predicted octanol–water partition coefficient (Wildman–Crippen LogP) is 3.36. The zero-order chi connectivity index (χ0) is 24.9. The number of amides is 1. The first kappa shape index (κ1) is 28.1. The topological polar surface area (TPSA) is 168 Å². The molecule has 174 valence electrons. The highest BCUT2D eigenvalue weighted by Gasteiger charge is 2.38. The van der Waals surface area contributed by atoms with Gasteiger partial charge in [0.25, 0.3) is 0 Å². The van der Waals surface area contributed by atoms with E-state index in [1.54, 1.807) is 42.5 Å². The zero-order valence-electron chi connectivity index (χ0n) is 17.1. The third-order valence-corrected chi connectivity index (χ3v) is 3.88. The number of carboxylic acids is 2. The Balaban J connectivity index is 0.000000506. The fourth-order valence-corrected chi connectivity index (χ4v) is 2.27. The minimum Gasteiger partial charge on any atom is -0.481 e. The second-order valence-electron chi connectivity index (χ2n) is 6.28. The van der Waals surface area contributed by atoms with Gasteiger partial charge in [0.2, 0.25) is 5.91 Å². The van der Waals surface area contributed by atoms with Crippen molar-refractivity contribution in [1.82, 2.24) is 0 Å². The molecule has 2 aromatic rings. The Morgan fingerprint density at radius 3 is 1.81 bits per heavy atom. The first-order valence-electron chi connectivity index (χ1n) is 9.10. The standard InChI is InChI=1S/C12H16N2O2.C7H7NO.C2HF3O2/c1-2-8(7-11(15)16)9-4-3-5-10(6-9)12(13)14;8-7(9)6-4-2-1-3-5-6;3-2(4,5)1(6)7/h3-6,8H,2,7H2,1H3,(H3,13,14)(H,15,16);1-5H,(H2,8,9);(H,6,7). The summed E-state index contributed by atoms with van der Waals surface area (Å²) >= 11 is 0. The summed E-state index contributed by atoms with van der Waals surface area (Å²) in [5.74, 6) is -3.95. The molecule has 0 heterocycles. The maximum atomic E-state index is 10.7. The molecule has 0 saturated heterocycles. The van der Waals surface area contributed by atoms with Crippen LogP contribution in [-0.2, 0) is 9.59 Å². The molecule has 0 aliphatic rings. The highest BCUT2D eigenvalue weighted by atomic mass is 19.4. The lowest BCUT2D eigenvalue weighted by atomic mass is 9.92. The van der Waals surface area contributed by atoms with Gasteiger partial charge in [0, 0.05) is 11.1 Å². The molecular formula is C21H24F3N3O5. The summed E-state index contributed by atoms with van der Waals surface area (Å²) in [4.78, 5) is 30.0. The van der Waals surface area contributed by atoms with Crippen LogP contribution in [-0.4, -0.2) is 40.1 Å². The Morgan fingerprint density at radius 1 is 0.969 bits per heavy atom. The molecule has 1 unspecified atom stereocenters. The van der Waals surface area contributed by atoms with Crippen molar-refractivity contribution in [1.29, 1.82) is 5.41 Å². The van der Waals surface area contributed by atoms with Crippen molar-refractivity contribution in [2.45, 2.75) is 31.9 Å². The van der Waals surface area contributed by atoms with Crippen LogP contribution in [0.5, 0.6) is 0 Å². The number of rotatable bonds is 6. The van der Waals surface area contributed by atoms with Crippen molar-refractivity contribution < 1.29 is 37.8 Å². The number of alkyl halides is 3. The summed E-state index contributed by atoms with van der Waals surface area (Å²) in [5.41, 5.74) is 12.5. The Labute approximate surface area is 182 Å². The molecular weight excluding hydrogens is 431 g/mol. The zero-order valence-corrected chi connectivity index (χ0v) is 17.1. The van der Waals surface area contributed by atoms with E-state index in [9.17, 15) is 22.8 Å². The van der Waals surface area contributed by atoms with Gasteiger partial charge >= 0.3 is 18.1 Å². The molecule has 1 amide bonds. The number of aliphatic carboxylic acids is 2. The number of hydrogen-bond donors (Lipinski definition) is 5. The van der Waals surface area contributed by atoms with E-state index in [1.165, 1.54) is 0 Å². The summed E-state index contributed by atoms with van der Waals surface area (Å²) in [6, 6.07) is 16.0. The molecule has 2 rings (SSSR count). The van der Waals surface area contributed by atoms with E-state index in [2.05, 4.69) is 0 Å². The number of hydrogen-bond acceptors (Lipinski definition) is 4. The highest BCUT2D eigenvalue weighted by Crippen LogP contribution is 2.23. The molecule has 0 bridgehead atoms. The molecule has 8 nitrogen and oxygen atoms in total. The SMILES string of the molecule is CCC(CC(=O)O)c1cccc(C(=N)N)c1.NC(=O)c1ccccc1.O=C(O)C(F)(F)F. The normalized spacial score (nSPS) is 11.0. The minimum atomic E-state index is -5.08. The van der Waals surface area contributed by atoms with Crippen molar-refractivity contribution in [3.8, 4) is 0 Å². The maximum Gasteiger partial charge on any atom is 0.490 e. The first-order chi connectivity index (χ1) is 14.8. The van der Waals surface area contributed by atoms with Gasteiger partial charge in [0.1, 0.15) is 5.84 Å². The van der Waals surface area contributed by atoms with Gasteiger partial charge in [-0.1, -0.05) is 43.3 Å². The van der Waals surface area contributed by atoms with E-state index in [0.717, 1.165) is 12.0 Å². The quantitative estimate of drug-likeness (QED) is 0.331. The summed E-state index contributed by atoms with van der Waals surface area (Å²) in [7, 11) is 0. The van der Waals surface area contributed by atoms with Crippen molar-refractivity contribution in [2.24, 2.45) is 11.5 Å². The number of amidine groups is 1. The fraction of sp³-hybridized carbons (Fsp3) is 0.238. The van der Waals surface area contributed by atoms with E-state index in [1.807, 2.05) is 19.1 Å². The number of benzene rings is 2. The minimum absolute atomic E-state index is 0.00651. The smallest absolute Gasteiger partial charge is 0.481 e. The van der Waals surface area contributed by atoms with Crippen LogP contribution in [0, 0.1) is 5.41 Å². The van der Waals surface area contributed by atoms with Crippen LogP contribution in [0.2, 0.25) is 0 Å². The number of halogens is 3. The molecule has 11 heteroatoms. The Hall–Kier alpha value is -3.89. The van der Waals surface area contributed by atoms with Gasteiger partial charge in [-0.2, -0.15) is 13.2 Å². The van der Waals surface area contributed by atoms with Gasteiger partial charge < -0.3 is 21.7 Å². The van der Waals surface area contributed by atoms with Crippen LogP contribution in [0.1, 0.15) is 47.2 Å². The van der Waals surface area contributed by atoms with E-state index in [4.69, 9.17) is 31.9 Å². The van der Waals surface area contributed by atoms with E-state index in [0.29, 0.717) is 11.1 Å². The number of carbonyl (C=O) groups excluding carboxylic acids is 1. The van der Waals surface area contributed by atoms with Gasteiger partial charge in [-0.15, -0.1) is 0 Å². The van der Waals surface area contributed by atoms with Crippen LogP contribution in [0.15, 0.2) is 54.6 Å². The second-order valence-corrected chi connectivity index (χ2v) is 6.28. The van der Waals surface area contributed by atoms with Crippen LogP contribution >= 0.6 is 0 Å². The van der Waals surface area contributed by atoms with E-state index >= 15 is 0 Å². The molecule has 32 heavy (non-hydrogen) atoms. The van der Waals surface area contributed by atoms with Gasteiger partial charge in [-0.3, -0.25) is 15.0 Å². The average Bonchev–Trinajstić information content (AvgIpc) is 2.72. The van der Waals surface area contributed by atoms with Crippen LogP contribution < -0.4 is 11.5 Å². The Morgan fingerprint density at radius 2 is 1.47 bits per heavy atom. The molecule has 2 aromatic carbocycles. The summed E-state index contributed by atoms with van der Waals surface area (Å²) < 4.78 is 31.7. The molecule has 0 aliphatic carbocycles. The molecule has 0 spiro atoms. The molecule has 0 aliphatic heterocycles. The van der Waals surface area contributed by atoms with E-state index in [-0.39, 0.29) is 24.1 Å². The third kappa shape index (κ3) is 11.3. The maximum absolute atomic E-state index is 10.7. The molecule has 0 radical (unpaired) electrons. The van der Waals surface area contributed by atoms with Gasteiger partial charge in [-0.25, -0.2) is 4.79 Å². The number of nitrogen functional groups attached to an aromatic ring is 1. The monoisotopic (exact) mass is 455 g/mol. The molecule has 0 fully saturated rings. The lowest BCUT2D eigenvalue weighted by Crippen LogP contribution is -2.21. The Kier molecular flexibility index (Phi) is 11.8. The summed E-state index contributed by atoms with van der Waals surface area (Å²) in [6.07, 6.45) is -4.22. The van der Waals surface area contributed by atoms with E-state index < -0.39 is 18.1 Å². The lowest BCUT2D eigenvalue weighted by molar-refractivity contribution is -0.192. The lowest BCUT2D eigenvalue weighted by Gasteiger charge is -2.13. The van der Waals surface area contributed by atoms with Crippen molar-refractivity contribution in [3.63, 3.8) is 0 Å². The number of carbonyl (C=O) groups is 3. The predicted molar refractivity (Wildman–Crippen MR) is 111 cm³/mol. The third-order valence-electron chi connectivity index (χ3n) is 3.88. The Bertz CT molecular complexity index is 918. The number of nitrogens with two attached hydrogens (primary N) is 2. The number of nitrogens with one attached hydrogen (secondary N) is 1.